The predicted molar refractivity (Wildman–Crippen MR) is 89.2 cm³/mol. The van der Waals surface area contributed by atoms with Gasteiger partial charge in [0, 0.05) is 22.1 Å². The van der Waals surface area contributed by atoms with Crippen LogP contribution in [0.5, 0.6) is 0 Å². The standard InChI is InChI=1S/C16H17N3O3S/c1-10-11(6-5-8-13(10)19(21)22)15(20)18-16-17-12-7-3-2-4-9-14(12)23-16/h5-6,8H,2-4,7,9H2,1H3,(H,17,18,20). The third-order valence-electron chi connectivity index (χ3n) is 4.06. The summed E-state index contributed by atoms with van der Waals surface area (Å²) >= 11 is 1.51. The van der Waals surface area contributed by atoms with E-state index in [4.69, 9.17) is 0 Å². The van der Waals surface area contributed by atoms with Gasteiger partial charge in [0.05, 0.1) is 10.6 Å². The molecule has 120 valence electrons. The summed E-state index contributed by atoms with van der Waals surface area (Å²) in [6.45, 7) is 1.59. The zero-order valence-corrected chi connectivity index (χ0v) is 13.6. The van der Waals surface area contributed by atoms with E-state index in [-0.39, 0.29) is 11.6 Å². The first-order valence-electron chi connectivity index (χ1n) is 7.60. The molecule has 1 aromatic carbocycles. The van der Waals surface area contributed by atoms with Gasteiger partial charge < -0.3 is 0 Å². The number of anilines is 1. The number of amides is 1. The van der Waals surface area contributed by atoms with Crippen LogP contribution in [-0.2, 0) is 12.8 Å². The first kappa shape index (κ1) is 15.6. The molecule has 1 amide bonds. The smallest absolute Gasteiger partial charge is 0.273 e. The Morgan fingerprint density at radius 1 is 1.30 bits per heavy atom. The lowest BCUT2D eigenvalue weighted by molar-refractivity contribution is -0.385. The maximum absolute atomic E-state index is 12.4. The molecule has 1 aromatic heterocycles. The number of aryl methyl sites for hydroxylation is 2. The first-order chi connectivity index (χ1) is 11.1. The topological polar surface area (TPSA) is 85.1 Å². The van der Waals surface area contributed by atoms with E-state index in [1.165, 1.54) is 34.8 Å². The molecule has 3 rings (SSSR count). The Morgan fingerprint density at radius 2 is 2.09 bits per heavy atom. The largest absolute Gasteiger partial charge is 0.298 e. The minimum absolute atomic E-state index is 0.0485. The molecule has 0 bridgehead atoms. The van der Waals surface area contributed by atoms with Crippen molar-refractivity contribution in [3.8, 4) is 0 Å². The van der Waals surface area contributed by atoms with E-state index < -0.39 is 4.92 Å². The van der Waals surface area contributed by atoms with Crippen molar-refractivity contribution in [2.45, 2.75) is 39.0 Å². The molecule has 0 saturated heterocycles. The van der Waals surface area contributed by atoms with E-state index in [1.807, 2.05) is 0 Å². The number of nitro benzene ring substituents is 1. The number of benzene rings is 1. The average Bonchev–Trinajstić information content (AvgIpc) is 2.75. The summed E-state index contributed by atoms with van der Waals surface area (Å²) in [6.07, 6.45) is 5.48. The zero-order chi connectivity index (χ0) is 16.4. The Balaban J connectivity index is 1.82. The Bertz CT molecular complexity index is 746. The van der Waals surface area contributed by atoms with E-state index in [2.05, 4.69) is 10.3 Å². The summed E-state index contributed by atoms with van der Waals surface area (Å²) in [7, 11) is 0. The molecule has 0 radical (unpaired) electrons. The van der Waals surface area contributed by atoms with Gasteiger partial charge in [-0.25, -0.2) is 4.98 Å². The minimum atomic E-state index is -0.474. The summed E-state index contributed by atoms with van der Waals surface area (Å²) in [4.78, 5) is 28.7. The molecule has 2 aromatic rings. The van der Waals surface area contributed by atoms with Gasteiger partial charge in [-0.15, -0.1) is 11.3 Å². The molecule has 1 heterocycles. The number of aromatic nitrogens is 1. The number of hydrogen-bond donors (Lipinski definition) is 1. The van der Waals surface area contributed by atoms with Crippen molar-refractivity contribution >= 4 is 28.1 Å². The Morgan fingerprint density at radius 3 is 2.87 bits per heavy atom. The summed E-state index contributed by atoms with van der Waals surface area (Å²) < 4.78 is 0. The molecular weight excluding hydrogens is 314 g/mol. The number of fused-ring (bicyclic) bond motifs is 1. The van der Waals surface area contributed by atoms with Crippen LogP contribution in [0.2, 0.25) is 0 Å². The lowest BCUT2D eigenvalue weighted by atomic mass is 10.1. The van der Waals surface area contributed by atoms with E-state index in [0.29, 0.717) is 16.3 Å². The van der Waals surface area contributed by atoms with Crippen molar-refractivity contribution in [2.24, 2.45) is 0 Å². The summed E-state index contributed by atoms with van der Waals surface area (Å²) in [5.74, 6) is -0.352. The monoisotopic (exact) mass is 331 g/mol. The van der Waals surface area contributed by atoms with Gasteiger partial charge in [-0.1, -0.05) is 12.5 Å². The van der Waals surface area contributed by atoms with Gasteiger partial charge in [-0.3, -0.25) is 20.2 Å². The van der Waals surface area contributed by atoms with Gasteiger partial charge in [0.15, 0.2) is 5.13 Å². The Hall–Kier alpha value is -2.28. The van der Waals surface area contributed by atoms with E-state index >= 15 is 0 Å². The maximum Gasteiger partial charge on any atom is 0.273 e. The minimum Gasteiger partial charge on any atom is -0.298 e. The van der Waals surface area contributed by atoms with Crippen LogP contribution in [-0.4, -0.2) is 15.8 Å². The van der Waals surface area contributed by atoms with Gasteiger partial charge in [-0.05, 0) is 38.7 Å². The fourth-order valence-electron chi connectivity index (χ4n) is 2.81. The van der Waals surface area contributed by atoms with Crippen molar-refractivity contribution in [3.05, 3.63) is 50.0 Å². The summed E-state index contributed by atoms with van der Waals surface area (Å²) in [6, 6.07) is 4.52. The molecular formula is C16H17N3O3S. The average molecular weight is 331 g/mol. The van der Waals surface area contributed by atoms with Crippen LogP contribution >= 0.6 is 11.3 Å². The number of carbonyl (C=O) groups excluding carboxylic acids is 1. The van der Waals surface area contributed by atoms with Crippen molar-refractivity contribution in [2.75, 3.05) is 5.32 Å². The number of carbonyl (C=O) groups is 1. The van der Waals surface area contributed by atoms with Crippen molar-refractivity contribution < 1.29 is 9.72 Å². The molecule has 6 nitrogen and oxygen atoms in total. The molecule has 1 N–H and O–H groups in total. The second-order valence-corrected chi connectivity index (χ2v) is 6.69. The molecule has 0 spiro atoms. The third-order valence-corrected chi connectivity index (χ3v) is 5.14. The lowest BCUT2D eigenvalue weighted by Crippen LogP contribution is -2.14. The molecule has 23 heavy (non-hydrogen) atoms. The number of nitro groups is 1. The first-order valence-corrected chi connectivity index (χ1v) is 8.42. The fraction of sp³-hybridized carbons (Fsp3) is 0.375. The Labute approximate surface area is 137 Å². The van der Waals surface area contributed by atoms with Crippen molar-refractivity contribution in [1.29, 1.82) is 0 Å². The molecule has 0 aliphatic heterocycles. The van der Waals surface area contributed by atoms with Gasteiger partial charge in [-0.2, -0.15) is 0 Å². The highest BCUT2D eigenvalue weighted by molar-refractivity contribution is 7.15. The molecule has 1 aliphatic carbocycles. The molecule has 0 unspecified atom stereocenters. The van der Waals surface area contributed by atoms with Crippen LogP contribution < -0.4 is 5.32 Å². The van der Waals surface area contributed by atoms with E-state index in [9.17, 15) is 14.9 Å². The second-order valence-electron chi connectivity index (χ2n) is 5.61. The normalized spacial score (nSPS) is 14.0. The van der Waals surface area contributed by atoms with Crippen LogP contribution in [0.15, 0.2) is 18.2 Å². The molecule has 0 fully saturated rings. The molecule has 0 atom stereocenters. The van der Waals surface area contributed by atoms with Crippen LogP contribution in [0.4, 0.5) is 10.8 Å². The number of nitrogens with zero attached hydrogens (tertiary/aromatic N) is 2. The molecule has 7 heteroatoms. The number of hydrogen-bond acceptors (Lipinski definition) is 5. The number of rotatable bonds is 3. The molecule has 0 saturated carbocycles. The maximum atomic E-state index is 12.4. The number of nitrogens with one attached hydrogen (secondary N) is 1. The SMILES string of the molecule is Cc1c(C(=O)Nc2nc3c(s2)CCCCC3)cccc1[N+](=O)[O-]. The highest BCUT2D eigenvalue weighted by Gasteiger charge is 2.20. The molecule has 1 aliphatic rings. The third kappa shape index (κ3) is 3.24. The van der Waals surface area contributed by atoms with Gasteiger partial charge in [0.1, 0.15) is 0 Å². The zero-order valence-electron chi connectivity index (χ0n) is 12.8. The van der Waals surface area contributed by atoms with Crippen molar-refractivity contribution in [1.82, 2.24) is 4.98 Å². The van der Waals surface area contributed by atoms with Crippen LogP contribution in [0.25, 0.3) is 0 Å². The van der Waals surface area contributed by atoms with Gasteiger partial charge >= 0.3 is 0 Å². The van der Waals surface area contributed by atoms with Crippen LogP contribution in [0, 0.1) is 17.0 Å². The van der Waals surface area contributed by atoms with Crippen LogP contribution in [0.1, 0.15) is 45.8 Å². The van der Waals surface area contributed by atoms with E-state index in [1.54, 1.807) is 13.0 Å². The van der Waals surface area contributed by atoms with E-state index in [0.717, 1.165) is 31.4 Å². The highest BCUT2D eigenvalue weighted by Crippen LogP contribution is 2.29. The van der Waals surface area contributed by atoms with Crippen LogP contribution in [0.3, 0.4) is 0 Å². The predicted octanol–water partition coefficient (Wildman–Crippen LogP) is 3.88. The summed E-state index contributed by atoms with van der Waals surface area (Å²) in [5, 5.41) is 14.3. The quantitative estimate of drug-likeness (QED) is 0.525. The van der Waals surface area contributed by atoms with Gasteiger partial charge in [0.25, 0.3) is 11.6 Å². The lowest BCUT2D eigenvalue weighted by Gasteiger charge is -2.05. The number of thiazole rings is 1. The Kier molecular flexibility index (Phi) is 4.38. The highest BCUT2D eigenvalue weighted by atomic mass is 32.1. The second kappa shape index (κ2) is 6.45. The van der Waals surface area contributed by atoms with Crippen molar-refractivity contribution in [3.63, 3.8) is 0 Å². The summed E-state index contributed by atoms with van der Waals surface area (Å²) in [5.41, 5.74) is 1.71. The fourth-order valence-corrected chi connectivity index (χ4v) is 3.86. The van der Waals surface area contributed by atoms with Gasteiger partial charge in [0.2, 0.25) is 0 Å².